The number of amides is 1. The first-order valence-corrected chi connectivity index (χ1v) is 8.91. The zero-order valence-electron chi connectivity index (χ0n) is 13.7. The summed E-state index contributed by atoms with van der Waals surface area (Å²) in [5.74, 6) is -0.483. The molecule has 0 saturated heterocycles. The van der Waals surface area contributed by atoms with Crippen LogP contribution >= 0.6 is 12.4 Å². The van der Waals surface area contributed by atoms with Crippen LogP contribution in [0.1, 0.15) is 13.8 Å². The molecule has 2 N–H and O–H groups in total. The van der Waals surface area contributed by atoms with Gasteiger partial charge in [0.05, 0.1) is 17.8 Å². The Balaban J connectivity index is 0.00000484. The van der Waals surface area contributed by atoms with Gasteiger partial charge in [0, 0.05) is 19.0 Å². The van der Waals surface area contributed by atoms with Gasteiger partial charge in [-0.1, -0.05) is 13.8 Å². The van der Waals surface area contributed by atoms with E-state index < -0.39 is 15.8 Å². The Bertz CT molecular complexity index is 576. The molecule has 0 aliphatic carbocycles. The van der Waals surface area contributed by atoms with Crippen molar-refractivity contribution in [2.45, 2.75) is 18.7 Å². The van der Waals surface area contributed by atoms with Crippen LogP contribution in [0, 0.1) is 5.92 Å². The highest BCUT2D eigenvalue weighted by Crippen LogP contribution is 2.18. The fraction of sp³-hybridized carbons (Fsp3) is 0.533. The number of halogens is 1. The largest absolute Gasteiger partial charge is 0.497 e. The van der Waals surface area contributed by atoms with Gasteiger partial charge in [-0.05, 0) is 30.8 Å². The van der Waals surface area contributed by atoms with E-state index in [1.165, 1.54) is 19.2 Å². The summed E-state index contributed by atoms with van der Waals surface area (Å²) in [6.07, 6.45) is 0. The van der Waals surface area contributed by atoms with E-state index in [4.69, 9.17) is 4.74 Å². The van der Waals surface area contributed by atoms with Gasteiger partial charge in [0.2, 0.25) is 5.91 Å². The molecule has 8 heteroatoms. The molecule has 0 aromatic heterocycles. The van der Waals surface area contributed by atoms with Crippen molar-refractivity contribution in [3.63, 3.8) is 0 Å². The quantitative estimate of drug-likeness (QED) is 0.644. The maximum absolute atomic E-state index is 12.3. The van der Waals surface area contributed by atoms with E-state index in [9.17, 15) is 13.2 Å². The minimum absolute atomic E-state index is 0. The molecule has 1 rings (SSSR count). The van der Waals surface area contributed by atoms with Crippen molar-refractivity contribution in [1.82, 2.24) is 10.6 Å². The van der Waals surface area contributed by atoms with Crippen molar-refractivity contribution >= 4 is 28.2 Å². The number of carbonyl (C=O) groups excluding carboxylic acids is 1. The van der Waals surface area contributed by atoms with Crippen molar-refractivity contribution in [3.05, 3.63) is 24.3 Å². The van der Waals surface area contributed by atoms with Crippen molar-refractivity contribution in [1.29, 1.82) is 0 Å². The maximum atomic E-state index is 12.3. The fourth-order valence-corrected chi connectivity index (χ4v) is 3.46. The van der Waals surface area contributed by atoms with Crippen molar-refractivity contribution in [3.8, 4) is 5.75 Å². The molecule has 6 nitrogen and oxygen atoms in total. The van der Waals surface area contributed by atoms with E-state index >= 15 is 0 Å². The van der Waals surface area contributed by atoms with Gasteiger partial charge in [-0.3, -0.25) is 4.79 Å². The van der Waals surface area contributed by atoms with Gasteiger partial charge >= 0.3 is 0 Å². The van der Waals surface area contributed by atoms with Crippen LogP contribution in [0.5, 0.6) is 5.75 Å². The molecular weight excluding hydrogens is 340 g/mol. The van der Waals surface area contributed by atoms with Gasteiger partial charge in [0.1, 0.15) is 5.75 Å². The molecule has 0 aliphatic rings. The summed E-state index contributed by atoms with van der Waals surface area (Å²) in [7, 11) is -1.98. The van der Waals surface area contributed by atoms with E-state index in [-0.39, 0.29) is 29.0 Å². The SMILES string of the molecule is CCNCCNC(=O)C(C)CS(=O)(=O)c1ccc(OC)cc1.Cl. The number of rotatable bonds is 9. The Morgan fingerprint density at radius 3 is 2.35 bits per heavy atom. The number of sulfone groups is 1. The fourth-order valence-electron chi connectivity index (χ4n) is 1.91. The molecule has 1 unspecified atom stereocenters. The second kappa shape index (κ2) is 10.5. The van der Waals surface area contributed by atoms with Gasteiger partial charge in [-0.25, -0.2) is 8.42 Å². The first-order chi connectivity index (χ1) is 10.4. The predicted octanol–water partition coefficient (Wildman–Crippen LogP) is 1.25. The maximum Gasteiger partial charge on any atom is 0.223 e. The summed E-state index contributed by atoms with van der Waals surface area (Å²) in [4.78, 5) is 12.1. The summed E-state index contributed by atoms with van der Waals surface area (Å²) >= 11 is 0. The molecule has 0 heterocycles. The number of hydrogen-bond acceptors (Lipinski definition) is 5. The van der Waals surface area contributed by atoms with Crippen molar-refractivity contribution in [2.75, 3.05) is 32.5 Å². The Morgan fingerprint density at radius 1 is 1.22 bits per heavy atom. The minimum Gasteiger partial charge on any atom is -0.497 e. The summed E-state index contributed by atoms with van der Waals surface area (Å²) in [6.45, 7) is 5.58. The van der Waals surface area contributed by atoms with Crippen LogP contribution in [0.2, 0.25) is 0 Å². The van der Waals surface area contributed by atoms with Gasteiger partial charge in [0.15, 0.2) is 9.84 Å². The molecule has 0 spiro atoms. The van der Waals surface area contributed by atoms with Crippen molar-refractivity contribution < 1.29 is 17.9 Å². The first-order valence-electron chi connectivity index (χ1n) is 7.26. The molecule has 1 amide bonds. The van der Waals surface area contributed by atoms with Crippen LogP contribution in [0.25, 0.3) is 0 Å². The van der Waals surface area contributed by atoms with Crippen LogP contribution < -0.4 is 15.4 Å². The minimum atomic E-state index is -3.50. The molecule has 0 bridgehead atoms. The summed E-state index contributed by atoms with van der Waals surface area (Å²) < 4.78 is 29.6. The zero-order valence-corrected chi connectivity index (χ0v) is 15.3. The predicted molar refractivity (Wildman–Crippen MR) is 93.0 cm³/mol. The van der Waals surface area contributed by atoms with Crippen LogP contribution in [0.4, 0.5) is 0 Å². The smallest absolute Gasteiger partial charge is 0.223 e. The van der Waals surface area contributed by atoms with Crippen LogP contribution in [-0.4, -0.2) is 46.8 Å². The van der Waals surface area contributed by atoms with E-state index in [1.807, 2.05) is 6.92 Å². The lowest BCUT2D eigenvalue weighted by atomic mass is 10.2. The molecule has 0 radical (unpaired) electrons. The lowest BCUT2D eigenvalue weighted by Crippen LogP contribution is -2.37. The summed E-state index contributed by atoms with van der Waals surface area (Å²) in [6, 6.07) is 6.16. The lowest BCUT2D eigenvalue weighted by Gasteiger charge is -2.13. The van der Waals surface area contributed by atoms with E-state index in [1.54, 1.807) is 19.1 Å². The molecule has 1 aromatic rings. The first kappa shape index (κ1) is 21.7. The molecule has 0 fully saturated rings. The standard InChI is InChI=1S/C15H24N2O4S.ClH/c1-4-16-9-10-17-15(18)12(2)11-22(19,20)14-7-5-13(21-3)6-8-14;/h5-8,12,16H,4,9-11H2,1-3H3,(H,17,18);1H. The number of methoxy groups -OCH3 is 1. The Kier molecular flexibility index (Phi) is 9.87. The monoisotopic (exact) mass is 364 g/mol. The average Bonchev–Trinajstić information content (AvgIpc) is 2.51. The van der Waals surface area contributed by atoms with E-state index in [2.05, 4.69) is 10.6 Å². The van der Waals surface area contributed by atoms with Crippen LogP contribution in [0.3, 0.4) is 0 Å². The number of hydrogen-bond donors (Lipinski definition) is 2. The molecular formula is C15H25ClN2O4S. The highest BCUT2D eigenvalue weighted by Gasteiger charge is 2.23. The van der Waals surface area contributed by atoms with Gasteiger partial charge in [0.25, 0.3) is 0 Å². The second-order valence-corrected chi connectivity index (χ2v) is 7.04. The molecule has 1 aromatic carbocycles. The Morgan fingerprint density at radius 2 is 1.83 bits per heavy atom. The van der Waals surface area contributed by atoms with Gasteiger partial charge in [-0.15, -0.1) is 12.4 Å². The zero-order chi connectivity index (χ0) is 16.6. The normalized spacial score (nSPS) is 12.1. The third-order valence-electron chi connectivity index (χ3n) is 3.19. The topological polar surface area (TPSA) is 84.5 Å². The summed E-state index contributed by atoms with van der Waals surface area (Å²) in [5, 5.41) is 5.81. The molecule has 1 atom stereocenters. The second-order valence-electron chi connectivity index (χ2n) is 5.00. The third-order valence-corrected chi connectivity index (χ3v) is 5.12. The third kappa shape index (κ3) is 7.20. The van der Waals surface area contributed by atoms with Gasteiger partial charge < -0.3 is 15.4 Å². The molecule has 132 valence electrons. The number of nitrogens with one attached hydrogen (secondary N) is 2. The molecule has 23 heavy (non-hydrogen) atoms. The van der Waals surface area contributed by atoms with Crippen LogP contribution in [0.15, 0.2) is 29.2 Å². The van der Waals surface area contributed by atoms with Gasteiger partial charge in [-0.2, -0.15) is 0 Å². The van der Waals surface area contributed by atoms with E-state index in [0.29, 0.717) is 18.8 Å². The molecule has 0 saturated carbocycles. The van der Waals surface area contributed by atoms with E-state index in [0.717, 1.165) is 6.54 Å². The van der Waals surface area contributed by atoms with Crippen molar-refractivity contribution in [2.24, 2.45) is 5.92 Å². The number of likely N-dealkylation sites (N-methyl/N-ethyl adjacent to an activating group) is 1. The average molecular weight is 365 g/mol. The summed E-state index contributed by atoms with van der Waals surface area (Å²) in [5.41, 5.74) is 0. The lowest BCUT2D eigenvalue weighted by molar-refractivity contribution is -0.123. The highest BCUT2D eigenvalue weighted by molar-refractivity contribution is 7.91. The highest BCUT2D eigenvalue weighted by atomic mass is 35.5. The number of ether oxygens (including phenoxy) is 1. The Hall–Kier alpha value is -1.31. The number of carbonyl (C=O) groups is 1. The number of benzene rings is 1. The Labute approximate surface area is 144 Å². The van der Waals surface area contributed by atoms with Crippen LogP contribution in [-0.2, 0) is 14.6 Å². The molecule has 0 aliphatic heterocycles.